The molecule has 0 unspecified atom stereocenters. The number of carbonyl (C=O) groups is 2. The van der Waals surface area contributed by atoms with Crippen LogP contribution in [0.1, 0.15) is 24.2 Å². The first-order chi connectivity index (χ1) is 10.5. The lowest BCUT2D eigenvalue weighted by Crippen LogP contribution is -2.44. The number of hydrogen-bond acceptors (Lipinski definition) is 4. The van der Waals surface area contributed by atoms with Crippen LogP contribution in [0.3, 0.4) is 0 Å². The Morgan fingerprint density at radius 1 is 1.45 bits per heavy atom. The Bertz CT molecular complexity index is 586. The zero-order chi connectivity index (χ0) is 15.7. The van der Waals surface area contributed by atoms with Crippen molar-refractivity contribution in [1.82, 2.24) is 19.6 Å². The van der Waals surface area contributed by atoms with E-state index in [0.717, 1.165) is 37.3 Å². The van der Waals surface area contributed by atoms with E-state index in [1.54, 1.807) is 16.7 Å². The molecule has 2 amide bonds. The molecule has 7 heteroatoms. The monoisotopic (exact) mass is 322 g/mol. The topological polar surface area (TPSA) is 58.4 Å². The Hall–Kier alpha value is -1.50. The number of likely N-dealkylation sites (tertiary alicyclic amines) is 1. The average molecular weight is 322 g/mol. The SMILES string of the molecule is Cc1cc(C)n(C[C@H]2CCCN2C(=O)CN2CSCC2=O)n1. The standard InChI is InChI=1S/C15H22N4O2S/c1-11-6-12(2)19(16-11)7-13-4-3-5-18(13)14(20)8-17-10-22-9-15(17)21/h6,13H,3-5,7-10H2,1-2H3/t13-/m1/s1. The van der Waals surface area contributed by atoms with Crippen LogP contribution in [0, 0.1) is 13.8 Å². The summed E-state index contributed by atoms with van der Waals surface area (Å²) in [6.45, 7) is 5.78. The number of rotatable bonds is 4. The molecule has 1 atom stereocenters. The number of amides is 2. The molecule has 0 spiro atoms. The molecule has 0 bridgehead atoms. The molecule has 2 saturated heterocycles. The highest BCUT2D eigenvalue weighted by Crippen LogP contribution is 2.21. The van der Waals surface area contributed by atoms with Gasteiger partial charge < -0.3 is 9.80 Å². The van der Waals surface area contributed by atoms with E-state index in [1.807, 2.05) is 23.4 Å². The van der Waals surface area contributed by atoms with Gasteiger partial charge in [-0.15, -0.1) is 11.8 Å². The molecule has 3 rings (SSSR count). The third-order valence-electron chi connectivity index (χ3n) is 4.34. The van der Waals surface area contributed by atoms with E-state index in [1.165, 1.54) is 0 Å². The highest BCUT2D eigenvalue weighted by Gasteiger charge is 2.32. The fourth-order valence-corrected chi connectivity index (χ4v) is 4.11. The molecular weight excluding hydrogens is 300 g/mol. The second kappa shape index (κ2) is 6.32. The van der Waals surface area contributed by atoms with Crippen molar-refractivity contribution in [1.29, 1.82) is 0 Å². The first-order valence-electron chi connectivity index (χ1n) is 7.70. The molecule has 0 saturated carbocycles. The van der Waals surface area contributed by atoms with Crippen LogP contribution in [0.15, 0.2) is 6.07 Å². The third kappa shape index (κ3) is 3.14. The van der Waals surface area contributed by atoms with Crippen LogP contribution < -0.4 is 0 Å². The summed E-state index contributed by atoms with van der Waals surface area (Å²) in [7, 11) is 0. The van der Waals surface area contributed by atoms with Crippen LogP contribution >= 0.6 is 11.8 Å². The van der Waals surface area contributed by atoms with Crippen molar-refractivity contribution in [3.63, 3.8) is 0 Å². The fraction of sp³-hybridized carbons (Fsp3) is 0.667. The fourth-order valence-electron chi connectivity index (χ4n) is 3.21. The Morgan fingerprint density at radius 3 is 2.91 bits per heavy atom. The molecule has 3 heterocycles. The van der Waals surface area contributed by atoms with E-state index >= 15 is 0 Å². The van der Waals surface area contributed by atoms with E-state index in [-0.39, 0.29) is 24.4 Å². The zero-order valence-corrected chi connectivity index (χ0v) is 13.9. The minimum Gasteiger partial charge on any atom is -0.336 e. The summed E-state index contributed by atoms with van der Waals surface area (Å²) >= 11 is 1.57. The maximum absolute atomic E-state index is 12.5. The first-order valence-corrected chi connectivity index (χ1v) is 8.86. The summed E-state index contributed by atoms with van der Waals surface area (Å²) in [5.41, 5.74) is 2.14. The molecule has 0 aromatic carbocycles. The molecule has 6 nitrogen and oxygen atoms in total. The van der Waals surface area contributed by atoms with Gasteiger partial charge in [-0.3, -0.25) is 14.3 Å². The van der Waals surface area contributed by atoms with Crippen LogP contribution in [-0.4, -0.2) is 62.2 Å². The number of aromatic nitrogens is 2. The molecule has 0 N–H and O–H groups in total. The molecular formula is C15H22N4O2S. The Balaban J connectivity index is 1.63. The molecule has 2 aliphatic heterocycles. The van der Waals surface area contributed by atoms with Crippen LogP contribution in [0.5, 0.6) is 0 Å². The molecule has 120 valence electrons. The average Bonchev–Trinajstić information content (AvgIpc) is 3.14. The van der Waals surface area contributed by atoms with Gasteiger partial charge in [-0.1, -0.05) is 0 Å². The van der Waals surface area contributed by atoms with Crippen molar-refractivity contribution in [2.75, 3.05) is 24.7 Å². The lowest BCUT2D eigenvalue weighted by molar-refractivity contribution is -0.138. The largest absolute Gasteiger partial charge is 0.336 e. The summed E-state index contributed by atoms with van der Waals surface area (Å²) in [5, 5.41) is 4.49. The normalized spacial score (nSPS) is 21.9. The zero-order valence-electron chi connectivity index (χ0n) is 13.1. The number of carbonyl (C=O) groups excluding carboxylic acids is 2. The second-order valence-electron chi connectivity index (χ2n) is 6.06. The lowest BCUT2D eigenvalue weighted by atomic mass is 10.2. The minimum atomic E-state index is 0.0693. The maximum Gasteiger partial charge on any atom is 0.242 e. The van der Waals surface area contributed by atoms with Crippen LogP contribution in [0.4, 0.5) is 0 Å². The van der Waals surface area contributed by atoms with Gasteiger partial charge in [0.25, 0.3) is 0 Å². The summed E-state index contributed by atoms with van der Waals surface area (Å²) in [5.74, 6) is 1.29. The highest BCUT2D eigenvalue weighted by molar-refractivity contribution is 8.00. The maximum atomic E-state index is 12.5. The van der Waals surface area contributed by atoms with Crippen LogP contribution in [-0.2, 0) is 16.1 Å². The predicted octanol–water partition coefficient (Wildman–Crippen LogP) is 1.02. The van der Waals surface area contributed by atoms with E-state index < -0.39 is 0 Å². The van der Waals surface area contributed by atoms with Gasteiger partial charge in [0.15, 0.2) is 0 Å². The number of thioether (sulfide) groups is 1. The number of hydrogen-bond donors (Lipinski definition) is 0. The van der Waals surface area contributed by atoms with E-state index in [9.17, 15) is 9.59 Å². The molecule has 0 radical (unpaired) electrons. The van der Waals surface area contributed by atoms with Gasteiger partial charge in [0, 0.05) is 12.2 Å². The Morgan fingerprint density at radius 2 is 2.27 bits per heavy atom. The Kier molecular flexibility index (Phi) is 4.42. The first kappa shape index (κ1) is 15.4. The van der Waals surface area contributed by atoms with E-state index in [2.05, 4.69) is 11.2 Å². The summed E-state index contributed by atoms with van der Waals surface area (Å²) in [6.07, 6.45) is 2.03. The van der Waals surface area contributed by atoms with Crippen molar-refractivity contribution < 1.29 is 9.59 Å². The molecule has 0 aliphatic carbocycles. The minimum absolute atomic E-state index is 0.0693. The number of nitrogens with zero attached hydrogens (tertiary/aromatic N) is 4. The van der Waals surface area contributed by atoms with Gasteiger partial charge in [0.2, 0.25) is 11.8 Å². The van der Waals surface area contributed by atoms with Crippen LogP contribution in [0.2, 0.25) is 0 Å². The third-order valence-corrected chi connectivity index (χ3v) is 5.28. The molecule has 2 fully saturated rings. The molecule has 2 aliphatic rings. The predicted molar refractivity (Wildman–Crippen MR) is 85.5 cm³/mol. The van der Waals surface area contributed by atoms with Gasteiger partial charge in [-0.2, -0.15) is 5.10 Å². The van der Waals surface area contributed by atoms with Crippen molar-refractivity contribution in [2.45, 2.75) is 39.3 Å². The molecule has 22 heavy (non-hydrogen) atoms. The Labute approximate surface area is 134 Å². The van der Waals surface area contributed by atoms with Gasteiger partial charge in [0.05, 0.1) is 29.9 Å². The second-order valence-corrected chi connectivity index (χ2v) is 7.02. The van der Waals surface area contributed by atoms with Gasteiger partial charge in [-0.25, -0.2) is 0 Å². The summed E-state index contributed by atoms with van der Waals surface area (Å²) in [4.78, 5) is 27.8. The van der Waals surface area contributed by atoms with Gasteiger partial charge >= 0.3 is 0 Å². The quantitative estimate of drug-likeness (QED) is 0.830. The van der Waals surface area contributed by atoms with E-state index in [4.69, 9.17) is 0 Å². The van der Waals surface area contributed by atoms with Crippen molar-refractivity contribution in [2.24, 2.45) is 0 Å². The molecule has 1 aromatic rings. The number of aryl methyl sites for hydroxylation is 2. The summed E-state index contributed by atoms with van der Waals surface area (Å²) in [6, 6.07) is 2.25. The van der Waals surface area contributed by atoms with Crippen molar-refractivity contribution in [3.05, 3.63) is 17.5 Å². The van der Waals surface area contributed by atoms with Crippen LogP contribution in [0.25, 0.3) is 0 Å². The highest BCUT2D eigenvalue weighted by atomic mass is 32.2. The lowest BCUT2D eigenvalue weighted by Gasteiger charge is -2.27. The van der Waals surface area contributed by atoms with Crippen molar-refractivity contribution in [3.8, 4) is 0 Å². The van der Waals surface area contributed by atoms with Gasteiger partial charge in [0.1, 0.15) is 6.54 Å². The molecule has 1 aromatic heterocycles. The van der Waals surface area contributed by atoms with Gasteiger partial charge in [-0.05, 0) is 32.8 Å². The summed E-state index contributed by atoms with van der Waals surface area (Å²) < 4.78 is 1.99. The van der Waals surface area contributed by atoms with E-state index in [0.29, 0.717) is 11.6 Å². The smallest absolute Gasteiger partial charge is 0.242 e. The van der Waals surface area contributed by atoms with Crippen molar-refractivity contribution >= 4 is 23.6 Å².